The largest absolute Gasteiger partial charge is 0.146 e. The van der Waals surface area contributed by atoms with Gasteiger partial charge in [-0.2, -0.15) is 0 Å². The van der Waals surface area contributed by atoms with Crippen molar-refractivity contribution in [2.45, 2.75) is 26.7 Å². The molecular weight excluding hydrogens is 220 g/mol. The second-order valence-electron chi connectivity index (χ2n) is 2.73. The van der Waals surface area contributed by atoms with Gasteiger partial charge in [-0.25, -0.2) is 0 Å². The van der Waals surface area contributed by atoms with Crippen molar-refractivity contribution in [1.29, 1.82) is 0 Å². The van der Waals surface area contributed by atoms with Crippen LogP contribution in [0.3, 0.4) is 0 Å². The predicted octanol–water partition coefficient (Wildman–Crippen LogP) is 3.69. The van der Waals surface area contributed by atoms with Crippen molar-refractivity contribution in [3.63, 3.8) is 0 Å². The SMILES string of the molecule is Cc1cc(CCCBr)c(C)s1. The monoisotopic (exact) mass is 232 g/mol. The Morgan fingerprint density at radius 2 is 2.18 bits per heavy atom. The second-order valence-corrected chi connectivity index (χ2v) is 4.98. The Balaban J connectivity index is 2.62. The number of hydrogen-bond acceptors (Lipinski definition) is 1. The van der Waals surface area contributed by atoms with Crippen LogP contribution < -0.4 is 0 Å². The van der Waals surface area contributed by atoms with Crippen molar-refractivity contribution in [2.24, 2.45) is 0 Å². The van der Waals surface area contributed by atoms with E-state index in [1.807, 2.05) is 11.3 Å². The molecule has 11 heavy (non-hydrogen) atoms. The van der Waals surface area contributed by atoms with Gasteiger partial charge in [-0.05, 0) is 38.3 Å². The molecule has 0 aliphatic heterocycles. The second kappa shape index (κ2) is 4.27. The van der Waals surface area contributed by atoms with Crippen molar-refractivity contribution in [3.8, 4) is 0 Å². The molecule has 0 bridgehead atoms. The molecule has 0 saturated carbocycles. The molecule has 0 spiro atoms. The maximum Gasteiger partial charge on any atom is 0.00490 e. The van der Waals surface area contributed by atoms with E-state index < -0.39 is 0 Å². The van der Waals surface area contributed by atoms with Crippen LogP contribution in [0.4, 0.5) is 0 Å². The lowest BCUT2D eigenvalue weighted by molar-refractivity contribution is 0.937. The van der Waals surface area contributed by atoms with Gasteiger partial charge < -0.3 is 0 Å². The van der Waals surface area contributed by atoms with E-state index in [9.17, 15) is 0 Å². The van der Waals surface area contributed by atoms with Crippen LogP contribution in [0, 0.1) is 13.8 Å². The Bertz CT molecular complexity index is 227. The molecule has 0 N–H and O–H groups in total. The zero-order valence-corrected chi connectivity index (χ0v) is 9.39. The predicted molar refractivity (Wildman–Crippen MR) is 55.9 cm³/mol. The fraction of sp³-hybridized carbons (Fsp3) is 0.556. The summed E-state index contributed by atoms with van der Waals surface area (Å²) in [5.74, 6) is 0. The third-order valence-electron chi connectivity index (χ3n) is 1.72. The Kier molecular flexibility index (Phi) is 3.60. The van der Waals surface area contributed by atoms with E-state index >= 15 is 0 Å². The summed E-state index contributed by atoms with van der Waals surface area (Å²) in [5, 5.41) is 1.11. The molecule has 1 rings (SSSR count). The zero-order chi connectivity index (χ0) is 8.27. The lowest BCUT2D eigenvalue weighted by Crippen LogP contribution is -1.84. The van der Waals surface area contributed by atoms with Crippen molar-refractivity contribution in [2.75, 3.05) is 5.33 Å². The molecule has 0 fully saturated rings. The number of halogens is 1. The molecule has 0 unspecified atom stereocenters. The van der Waals surface area contributed by atoms with Gasteiger partial charge in [0.1, 0.15) is 0 Å². The minimum absolute atomic E-state index is 1.11. The Labute approximate surface area is 80.8 Å². The summed E-state index contributed by atoms with van der Waals surface area (Å²) < 4.78 is 0. The number of aryl methyl sites for hydroxylation is 3. The van der Waals surface area contributed by atoms with E-state index in [2.05, 4.69) is 35.8 Å². The molecule has 2 heteroatoms. The average Bonchev–Trinajstić information content (AvgIpc) is 2.26. The first kappa shape index (κ1) is 9.27. The molecule has 0 amide bonds. The molecule has 0 radical (unpaired) electrons. The van der Waals surface area contributed by atoms with E-state index in [4.69, 9.17) is 0 Å². The molecule has 1 aromatic rings. The highest BCUT2D eigenvalue weighted by Gasteiger charge is 2.00. The summed E-state index contributed by atoms with van der Waals surface area (Å²) in [6.45, 7) is 4.39. The van der Waals surface area contributed by atoms with Gasteiger partial charge in [-0.3, -0.25) is 0 Å². The zero-order valence-electron chi connectivity index (χ0n) is 6.98. The fourth-order valence-corrected chi connectivity index (χ4v) is 2.45. The highest BCUT2D eigenvalue weighted by Crippen LogP contribution is 2.21. The smallest absolute Gasteiger partial charge is 0.00490 e. The average molecular weight is 233 g/mol. The van der Waals surface area contributed by atoms with E-state index in [-0.39, 0.29) is 0 Å². The van der Waals surface area contributed by atoms with E-state index in [0.717, 1.165) is 5.33 Å². The van der Waals surface area contributed by atoms with Gasteiger partial charge in [-0.15, -0.1) is 11.3 Å². The standard InChI is InChI=1S/C9H13BrS/c1-7-6-9(4-3-5-10)8(2)11-7/h6H,3-5H2,1-2H3. The Hall–Kier alpha value is 0.180. The summed E-state index contributed by atoms with van der Waals surface area (Å²) in [6.07, 6.45) is 2.47. The highest BCUT2D eigenvalue weighted by molar-refractivity contribution is 9.09. The first-order valence-corrected chi connectivity index (χ1v) is 5.79. The lowest BCUT2D eigenvalue weighted by Gasteiger charge is -1.94. The summed E-state index contributed by atoms with van der Waals surface area (Å²) >= 11 is 5.35. The van der Waals surface area contributed by atoms with Gasteiger partial charge in [0.2, 0.25) is 0 Å². The Morgan fingerprint density at radius 1 is 1.45 bits per heavy atom. The maximum atomic E-state index is 3.44. The van der Waals surface area contributed by atoms with E-state index in [0.29, 0.717) is 0 Å². The molecule has 0 nitrogen and oxygen atoms in total. The van der Waals surface area contributed by atoms with E-state index in [1.165, 1.54) is 28.2 Å². The first-order chi connectivity index (χ1) is 5.24. The molecule has 1 heterocycles. The lowest BCUT2D eigenvalue weighted by atomic mass is 10.1. The summed E-state index contributed by atoms with van der Waals surface area (Å²) in [6, 6.07) is 2.31. The van der Waals surface area contributed by atoms with Gasteiger partial charge in [0.05, 0.1) is 0 Å². The summed E-state index contributed by atoms with van der Waals surface area (Å²) in [5.41, 5.74) is 1.53. The molecule has 62 valence electrons. The van der Waals surface area contributed by atoms with Crippen LogP contribution in [0.5, 0.6) is 0 Å². The minimum Gasteiger partial charge on any atom is -0.146 e. The third-order valence-corrected chi connectivity index (χ3v) is 3.29. The van der Waals surface area contributed by atoms with Crippen molar-refractivity contribution in [1.82, 2.24) is 0 Å². The first-order valence-electron chi connectivity index (χ1n) is 3.86. The van der Waals surface area contributed by atoms with Crippen LogP contribution in [0.15, 0.2) is 6.07 Å². The van der Waals surface area contributed by atoms with E-state index in [1.54, 1.807) is 0 Å². The van der Waals surface area contributed by atoms with Crippen LogP contribution in [-0.4, -0.2) is 5.33 Å². The molecule has 0 aromatic carbocycles. The number of thiophene rings is 1. The summed E-state index contributed by atoms with van der Waals surface area (Å²) in [7, 11) is 0. The normalized spacial score (nSPS) is 10.5. The van der Waals surface area contributed by atoms with Gasteiger partial charge in [0.15, 0.2) is 0 Å². The Morgan fingerprint density at radius 3 is 2.64 bits per heavy atom. The minimum atomic E-state index is 1.11. The molecule has 0 aliphatic rings. The van der Waals surface area contributed by atoms with Gasteiger partial charge >= 0.3 is 0 Å². The topological polar surface area (TPSA) is 0 Å². The van der Waals surface area contributed by atoms with Crippen LogP contribution in [-0.2, 0) is 6.42 Å². The fourth-order valence-electron chi connectivity index (χ4n) is 1.19. The van der Waals surface area contributed by atoms with Crippen LogP contribution in [0.1, 0.15) is 21.7 Å². The number of alkyl halides is 1. The third kappa shape index (κ3) is 2.60. The van der Waals surface area contributed by atoms with Crippen LogP contribution in [0.2, 0.25) is 0 Å². The van der Waals surface area contributed by atoms with Crippen molar-refractivity contribution >= 4 is 27.3 Å². The van der Waals surface area contributed by atoms with Crippen LogP contribution >= 0.6 is 27.3 Å². The summed E-state index contributed by atoms with van der Waals surface area (Å²) in [4.78, 5) is 2.93. The molecular formula is C9H13BrS. The number of hydrogen-bond donors (Lipinski definition) is 0. The quantitative estimate of drug-likeness (QED) is 0.698. The molecule has 0 aliphatic carbocycles. The number of rotatable bonds is 3. The van der Waals surface area contributed by atoms with Crippen molar-refractivity contribution in [3.05, 3.63) is 21.4 Å². The van der Waals surface area contributed by atoms with Crippen LogP contribution in [0.25, 0.3) is 0 Å². The van der Waals surface area contributed by atoms with Gasteiger partial charge in [0, 0.05) is 15.1 Å². The maximum absolute atomic E-state index is 3.44. The highest BCUT2D eigenvalue weighted by atomic mass is 79.9. The van der Waals surface area contributed by atoms with Gasteiger partial charge in [-0.1, -0.05) is 15.9 Å². The van der Waals surface area contributed by atoms with Crippen molar-refractivity contribution < 1.29 is 0 Å². The molecule has 0 atom stereocenters. The van der Waals surface area contributed by atoms with Gasteiger partial charge in [0.25, 0.3) is 0 Å². The molecule has 1 aromatic heterocycles. The molecule has 0 saturated heterocycles.